The fourth-order valence-electron chi connectivity index (χ4n) is 4.88. The van der Waals surface area contributed by atoms with E-state index in [1.165, 1.54) is 0 Å². The number of aromatic nitrogens is 3. The number of rotatable bonds is 7. The molecule has 0 bridgehead atoms. The highest BCUT2D eigenvalue weighted by molar-refractivity contribution is 6.30. The first-order valence-electron chi connectivity index (χ1n) is 11.8. The predicted molar refractivity (Wildman–Crippen MR) is 136 cm³/mol. The lowest BCUT2D eigenvalue weighted by atomic mass is 9.91. The van der Waals surface area contributed by atoms with Gasteiger partial charge in [0.2, 0.25) is 5.89 Å². The van der Waals surface area contributed by atoms with Gasteiger partial charge in [0.05, 0.1) is 31.8 Å². The molecule has 9 heteroatoms. The summed E-state index contributed by atoms with van der Waals surface area (Å²) < 4.78 is 17.1. The summed E-state index contributed by atoms with van der Waals surface area (Å²) >= 11 is 5.97. The first kappa shape index (κ1) is 23.9. The van der Waals surface area contributed by atoms with Crippen LogP contribution in [0.2, 0.25) is 5.02 Å². The van der Waals surface area contributed by atoms with Crippen molar-refractivity contribution in [1.29, 1.82) is 0 Å². The van der Waals surface area contributed by atoms with E-state index in [9.17, 15) is 9.90 Å². The van der Waals surface area contributed by atoms with Gasteiger partial charge < -0.3 is 24.0 Å². The van der Waals surface area contributed by atoms with Gasteiger partial charge in [0.1, 0.15) is 22.8 Å². The summed E-state index contributed by atoms with van der Waals surface area (Å²) in [5, 5.41) is 20.4. The lowest BCUT2D eigenvalue weighted by Gasteiger charge is -2.21. The Balaban J connectivity index is 1.66. The van der Waals surface area contributed by atoms with E-state index in [0.717, 1.165) is 31.2 Å². The van der Waals surface area contributed by atoms with Gasteiger partial charge in [0, 0.05) is 10.7 Å². The molecule has 2 aromatic heterocycles. The standard InChI is InChI=1S/C27H26ClN3O5/c1-34-18-8-5-9-19(35-2)21(18)22-24(16-6-3-4-7-16)29-26(33)23(25(22)32)27-31-30-20(36-27)14-15-10-12-17(28)13-11-15/h5,8-13,16H,3-4,6-7,14H2,1-2H3,(H2,29,32,33). The normalized spacial score (nSPS) is 13.8. The van der Waals surface area contributed by atoms with Crippen molar-refractivity contribution in [3.05, 3.63) is 75.0 Å². The van der Waals surface area contributed by atoms with Crippen LogP contribution in [0, 0.1) is 0 Å². The Morgan fingerprint density at radius 1 is 1.00 bits per heavy atom. The maximum absolute atomic E-state index is 13.3. The predicted octanol–water partition coefficient (Wildman–Crippen LogP) is 5.72. The summed E-state index contributed by atoms with van der Waals surface area (Å²) in [7, 11) is 3.11. The Kier molecular flexibility index (Phi) is 6.69. The molecule has 8 nitrogen and oxygen atoms in total. The van der Waals surface area contributed by atoms with Crippen LogP contribution in [-0.2, 0) is 6.42 Å². The van der Waals surface area contributed by atoms with Gasteiger partial charge >= 0.3 is 0 Å². The molecular weight excluding hydrogens is 482 g/mol. The number of benzene rings is 2. The van der Waals surface area contributed by atoms with Gasteiger partial charge in [0.15, 0.2) is 0 Å². The van der Waals surface area contributed by atoms with Gasteiger partial charge in [-0.05, 0) is 48.6 Å². The lowest BCUT2D eigenvalue weighted by Crippen LogP contribution is -2.16. The number of aromatic hydroxyl groups is 1. The first-order valence-corrected chi connectivity index (χ1v) is 12.2. The van der Waals surface area contributed by atoms with E-state index in [-0.39, 0.29) is 23.1 Å². The van der Waals surface area contributed by atoms with Crippen molar-refractivity contribution in [3.8, 4) is 39.8 Å². The minimum atomic E-state index is -0.492. The second-order valence-electron chi connectivity index (χ2n) is 8.79. The van der Waals surface area contributed by atoms with Crippen molar-refractivity contribution in [3.63, 3.8) is 0 Å². The number of nitrogens with zero attached hydrogens (tertiary/aromatic N) is 2. The van der Waals surface area contributed by atoms with E-state index < -0.39 is 5.56 Å². The largest absolute Gasteiger partial charge is 0.506 e. The van der Waals surface area contributed by atoms with Gasteiger partial charge in [-0.15, -0.1) is 10.2 Å². The molecule has 1 aliphatic carbocycles. The fourth-order valence-corrected chi connectivity index (χ4v) is 5.01. The number of H-pyrrole nitrogens is 1. The number of methoxy groups -OCH3 is 2. The molecule has 4 aromatic rings. The van der Waals surface area contributed by atoms with Gasteiger partial charge in [-0.1, -0.05) is 42.6 Å². The maximum atomic E-state index is 13.3. The molecule has 0 atom stereocenters. The molecule has 36 heavy (non-hydrogen) atoms. The van der Waals surface area contributed by atoms with E-state index in [0.29, 0.717) is 45.7 Å². The lowest BCUT2D eigenvalue weighted by molar-refractivity contribution is 0.396. The number of halogens is 1. The van der Waals surface area contributed by atoms with Crippen LogP contribution in [0.4, 0.5) is 0 Å². The highest BCUT2D eigenvalue weighted by Crippen LogP contribution is 2.49. The SMILES string of the molecule is COc1cccc(OC)c1-c1c(C2CCCC2)[nH]c(=O)c(-c2nnc(Cc3ccc(Cl)cc3)o2)c1O. The topological polar surface area (TPSA) is 110 Å². The molecule has 0 spiro atoms. The summed E-state index contributed by atoms with van der Waals surface area (Å²) in [6, 6.07) is 12.7. The average molecular weight is 508 g/mol. The molecule has 2 aromatic carbocycles. The number of aromatic amines is 1. The third-order valence-corrected chi connectivity index (χ3v) is 6.86. The third kappa shape index (κ3) is 4.44. The van der Waals surface area contributed by atoms with Crippen molar-refractivity contribution in [1.82, 2.24) is 15.2 Å². The molecule has 186 valence electrons. The van der Waals surface area contributed by atoms with E-state index in [1.807, 2.05) is 12.1 Å². The molecule has 1 fully saturated rings. The van der Waals surface area contributed by atoms with Crippen LogP contribution in [0.3, 0.4) is 0 Å². The molecule has 0 radical (unpaired) electrons. The second kappa shape index (κ2) is 10.1. The van der Waals surface area contributed by atoms with Crippen LogP contribution in [-0.4, -0.2) is 34.5 Å². The number of hydrogen-bond donors (Lipinski definition) is 2. The van der Waals surface area contributed by atoms with Gasteiger partial charge in [-0.2, -0.15) is 0 Å². The number of hydrogen-bond acceptors (Lipinski definition) is 7. The maximum Gasteiger partial charge on any atom is 0.264 e. The van der Waals surface area contributed by atoms with Crippen molar-refractivity contribution in [2.24, 2.45) is 0 Å². The Morgan fingerprint density at radius 2 is 1.67 bits per heavy atom. The number of ether oxygens (including phenoxy) is 2. The van der Waals surface area contributed by atoms with Gasteiger partial charge in [-0.3, -0.25) is 4.79 Å². The summed E-state index contributed by atoms with van der Waals surface area (Å²) in [5.41, 5.74) is 2.00. The molecule has 1 aliphatic rings. The molecule has 0 amide bonds. The summed E-state index contributed by atoms with van der Waals surface area (Å²) in [5.74, 6) is 1.11. The second-order valence-corrected chi connectivity index (χ2v) is 9.23. The zero-order chi connectivity index (χ0) is 25.2. The fraction of sp³-hybridized carbons (Fsp3) is 0.296. The van der Waals surface area contributed by atoms with Gasteiger partial charge in [0.25, 0.3) is 11.4 Å². The molecule has 0 saturated heterocycles. The Morgan fingerprint density at radius 3 is 2.31 bits per heavy atom. The van der Waals surface area contributed by atoms with Gasteiger partial charge in [-0.25, -0.2) is 0 Å². The molecular formula is C27H26ClN3O5. The minimum absolute atomic E-state index is 0.0641. The zero-order valence-electron chi connectivity index (χ0n) is 20.0. The van der Waals surface area contributed by atoms with Crippen molar-refractivity contribution >= 4 is 11.6 Å². The van der Waals surface area contributed by atoms with Crippen LogP contribution < -0.4 is 15.0 Å². The average Bonchev–Trinajstić information content (AvgIpc) is 3.58. The van der Waals surface area contributed by atoms with E-state index in [1.54, 1.807) is 44.6 Å². The molecule has 5 rings (SSSR count). The zero-order valence-corrected chi connectivity index (χ0v) is 20.8. The quantitative estimate of drug-likeness (QED) is 0.329. The van der Waals surface area contributed by atoms with Crippen molar-refractivity contribution < 1.29 is 19.0 Å². The van der Waals surface area contributed by atoms with Crippen LogP contribution in [0.1, 0.15) is 48.7 Å². The van der Waals surface area contributed by atoms with Crippen LogP contribution in [0.15, 0.2) is 51.7 Å². The molecule has 2 N–H and O–H groups in total. The Bertz CT molecular complexity index is 1420. The van der Waals surface area contributed by atoms with E-state index in [4.69, 9.17) is 25.5 Å². The molecule has 2 heterocycles. The molecule has 1 saturated carbocycles. The third-order valence-electron chi connectivity index (χ3n) is 6.61. The van der Waals surface area contributed by atoms with E-state index >= 15 is 0 Å². The van der Waals surface area contributed by atoms with Crippen molar-refractivity contribution in [2.45, 2.75) is 38.0 Å². The highest BCUT2D eigenvalue weighted by Gasteiger charge is 2.31. The smallest absolute Gasteiger partial charge is 0.264 e. The summed E-state index contributed by atoms with van der Waals surface area (Å²) in [6.07, 6.45) is 4.27. The van der Waals surface area contributed by atoms with Crippen molar-refractivity contribution in [2.75, 3.05) is 14.2 Å². The van der Waals surface area contributed by atoms with E-state index in [2.05, 4.69) is 15.2 Å². The Labute approximate surface area is 212 Å². The first-order chi connectivity index (χ1) is 17.5. The minimum Gasteiger partial charge on any atom is -0.506 e. The highest BCUT2D eigenvalue weighted by atomic mass is 35.5. The van der Waals surface area contributed by atoms with Crippen LogP contribution >= 0.6 is 11.6 Å². The van der Waals surface area contributed by atoms with Crippen LogP contribution in [0.5, 0.6) is 17.2 Å². The van der Waals surface area contributed by atoms with Crippen LogP contribution in [0.25, 0.3) is 22.6 Å². The molecule has 0 aliphatic heterocycles. The Hall–Kier alpha value is -3.78. The summed E-state index contributed by atoms with van der Waals surface area (Å²) in [4.78, 5) is 16.3. The monoisotopic (exact) mass is 507 g/mol. The summed E-state index contributed by atoms with van der Waals surface area (Å²) in [6.45, 7) is 0. The molecule has 0 unspecified atom stereocenters. The number of nitrogens with one attached hydrogen (secondary N) is 1. The number of pyridine rings is 1.